The molecule has 8 aromatic carbocycles. The molecule has 0 N–H and O–H groups in total. The smallest absolute Gasteiger partial charge is 0.339 e. The highest BCUT2D eigenvalue weighted by atomic mass is 35.5. The second kappa shape index (κ2) is 42.0. The largest absolute Gasteiger partial charge is 0.496 e. The first-order chi connectivity index (χ1) is 59.9. The van der Waals surface area contributed by atoms with Crippen LogP contribution in [0, 0.1) is 46.6 Å². The van der Waals surface area contributed by atoms with Crippen LogP contribution < -0.4 is 14.2 Å². The molecule has 8 aromatic rings. The maximum atomic E-state index is 12.8. The Bertz CT molecular complexity index is 5390. The minimum Gasteiger partial charge on any atom is -0.496 e. The van der Waals surface area contributed by atoms with Crippen LogP contribution in [0.5, 0.6) is 17.2 Å². The minimum absolute atomic E-state index is 0.0466. The Morgan fingerprint density at radius 2 is 0.871 bits per heavy atom. The van der Waals surface area contributed by atoms with Crippen LogP contribution in [0.2, 0.25) is 5.02 Å². The minimum atomic E-state index is -0.237. The molecule has 4 saturated heterocycles. The molecule has 648 valence electrons. The first-order valence-corrected chi connectivity index (χ1v) is 43.2. The van der Waals surface area contributed by atoms with Gasteiger partial charge in [0, 0.05) is 164 Å². The van der Waals surface area contributed by atoms with E-state index in [4.69, 9.17) is 57.8 Å². The number of piperazine rings is 4. The molecule has 4 amide bonds. The fourth-order valence-electron chi connectivity index (χ4n) is 17.1. The van der Waals surface area contributed by atoms with Crippen LogP contribution in [0.4, 0.5) is 5.69 Å². The number of carbonyl (C=O) groups is 7. The van der Waals surface area contributed by atoms with E-state index in [1.54, 1.807) is 33.5 Å². The highest BCUT2D eigenvalue weighted by molar-refractivity contribution is 6.31. The lowest BCUT2D eigenvalue weighted by Crippen LogP contribution is -2.49. The molecule has 1 unspecified atom stereocenters. The van der Waals surface area contributed by atoms with Gasteiger partial charge in [-0.25, -0.2) is 19.2 Å². The first-order valence-electron chi connectivity index (χ1n) is 42.8. The van der Waals surface area contributed by atoms with E-state index < -0.39 is 0 Å². The molecule has 0 bridgehead atoms. The number of methoxy groups -OCH3 is 3. The quantitative estimate of drug-likeness (QED) is 0.0252. The number of aryl methyl sites for hydroxylation is 3. The topological polar surface area (TPSA) is 214 Å². The van der Waals surface area contributed by atoms with Crippen molar-refractivity contribution >= 4 is 64.6 Å². The first kappa shape index (κ1) is 89.9. The number of hydrogen-bond acceptors (Lipinski definition) is 18. The van der Waals surface area contributed by atoms with E-state index in [0.29, 0.717) is 90.8 Å². The third kappa shape index (κ3) is 22.8. The van der Waals surface area contributed by atoms with E-state index in [2.05, 4.69) is 80.3 Å². The summed E-state index contributed by atoms with van der Waals surface area (Å²) in [7, 11) is 4.86. The molecule has 0 spiro atoms. The molecule has 24 heteroatoms. The van der Waals surface area contributed by atoms with Gasteiger partial charge in [-0.3, -0.25) is 38.8 Å². The van der Waals surface area contributed by atoms with E-state index in [9.17, 15) is 33.6 Å². The maximum Gasteiger partial charge on any atom is 0.339 e. The number of rotatable bonds is 23. The zero-order valence-corrected chi connectivity index (χ0v) is 73.4. The number of nitrogens with zero attached hydrogens (tertiary/aromatic N) is 9. The number of benzene rings is 8. The normalized spacial score (nSPS) is 16.7. The molecule has 1 atom stereocenters. The lowest BCUT2D eigenvalue weighted by Gasteiger charge is -2.35. The van der Waals surface area contributed by atoms with Gasteiger partial charge in [-0.05, 0) is 170 Å². The number of hydrogen-bond donors (Lipinski definition) is 0. The van der Waals surface area contributed by atoms with Gasteiger partial charge >= 0.3 is 17.9 Å². The Morgan fingerprint density at radius 3 is 1.39 bits per heavy atom. The lowest BCUT2D eigenvalue weighted by molar-refractivity contribution is -0.133. The van der Waals surface area contributed by atoms with Gasteiger partial charge in [0.15, 0.2) is 5.69 Å². The van der Waals surface area contributed by atoms with Gasteiger partial charge in [0.25, 0.3) is 0 Å². The van der Waals surface area contributed by atoms with Crippen LogP contribution >= 0.6 is 11.6 Å². The van der Waals surface area contributed by atoms with Gasteiger partial charge in [0.1, 0.15) is 48.9 Å². The fraction of sp³-hybridized carbons (Fsp3) is 0.400. The Labute approximate surface area is 733 Å². The number of terminal acetylenes is 1. The molecule has 124 heavy (non-hydrogen) atoms. The summed E-state index contributed by atoms with van der Waals surface area (Å²) in [6.07, 6.45) is 10.5. The zero-order chi connectivity index (χ0) is 87.7. The Hall–Kier alpha value is -11.8. The lowest BCUT2D eigenvalue weighted by atomic mass is 9.96. The highest BCUT2D eigenvalue weighted by Crippen LogP contribution is 2.35. The third-order valence-corrected chi connectivity index (χ3v) is 25.3. The van der Waals surface area contributed by atoms with Crippen molar-refractivity contribution in [3.05, 3.63) is 273 Å². The summed E-state index contributed by atoms with van der Waals surface area (Å²) in [5.41, 5.74) is 21.6. The van der Waals surface area contributed by atoms with Crippen LogP contribution in [0.3, 0.4) is 0 Å². The Morgan fingerprint density at radius 1 is 0.452 bits per heavy atom. The fourth-order valence-corrected chi connectivity index (χ4v) is 17.3. The molecule has 8 heterocycles. The van der Waals surface area contributed by atoms with Gasteiger partial charge in [-0.1, -0.05) is 115 Å². The monoisotopic (exact) mass is 1700 g/mol. The molecule has 8 aliphatic heterocycles. The van der Waals surface area contributed by atoms with E-state index in [0.717, 1.165) is 228 Å². The van der Waals surface area contributed by atoms with Gasteiger partial charge < -0.3 is 52.8 Å². The number of cyclic esters (lactones) is 3. The van der Waals surface area contributed by atoms with E-state index >= 15 is 0 Å². The van der Waals surface area contributed by atoms with Gasteiger partial charge in [0.2, 0.25) is 23.6 Å². The number of fused-ring (bicyclic) bond motifs is 4. The second-order valence-electron chi connectivity index (χ2n) is 32.9. The molecule has 0 aliphatic carbocycles. The number of ether oxygens (including phenoxy) is 7. The van der Waals surface area contributed by atoms with E-state index in [1.807, 2.05) is 132 Å². The van der Waals surface area contributed by atoms with Crippen molar-refractivity contribution in [3.63, 3.8) is 0 Å². The third-order valence-electron chi connectivity index (χ3n) is 25.0. The summed E-state index contributed by atoms with van der Waals surface area (Å²) in [5.74, 6) is 5.37. The predicted octanol–water partition coefficient (Wildman–Crippen LogP) is 13.0. The number of esters is 3. The molecule has 4 fully saturated rings. The molecule has 8 aliphatic rings. The summed E-state index contributed by atoms with van der Waals surface area (Å²) in [6.45, 7) is 39.1. The van der Waals surface area contributed by atoms with Crippen molar-refractivity contribution in [1.29, 1.82) is 0 Å². The van der Waals surface area contributed by atoms with Crippen molar-refractivity contribution in [2.45, 2.75) is 112 Å². The van der Waals surface area contributed by atoms with Crippen molar-refractivity contribution in [1.82, 2.24) is 39.2 Å². The maximum absolute atomic E-state index is 12.8. The summed E-state index contributed by atoms with van der Waals surface area (Å²) >= 11 is 6.33. The molecule has 0 radical (unpaired) electrons. The SMILES string of the molecule is C#Cc1cc(Cl)c(CC(=O)N2CCN(CCc3ccc4c(c3)COC4=O)CC2)cc1OC.COc1cc(CC(=O)N2CCN(CCc3ccc4c(c3)C(C)OC4=O)CC2)ccc1C.COc1cc(CC(=O)N2CCN(CCc3ccc4c(c3C)COC4=O)CC2)ccc1C.[C-]#[N+]c1ccc(CCN2CCN(C(=O)Cc3ccc4c(c3)COC4=C)CC2)cc1C. The Balaban J connectivity index is 0.000000142. The molecular formula is C100H112ClN9O14. The van der Waals surface area contributed by atoms with Crippen LogP contribution in [-0.2, 0) is 109 Å². The van der Waals surface area contributed by atoms with E-state index in [-0.39, 0.29) is 54.1 Å². The summed E-state index contributed by atoms with van der Waals surface area (Å²) in [6, 6.07) is 43.4. The van der Waals surface area contributed by atoms with Crippen LogP contribution in [0.1, 0.15) is 144 Å². The van der Waals surface area contributed by atoms with Crippen LogP contribution in [-0.4, -0.2) is 233 Å². The van der Waals surface area contributed by atoms with Gasteiger partial charge in [0.05, 0.1) is 75.8 Å². The number of amides is 4. The molecule has 0 aromatic heterocycles. The standard InChI is InChI=1S/C25H25ClN2O4.C25H27N3O2.2C25H30N2O4/c1-3-18-13-22(26)19(14-23(18)31-2)15-24(29)28-10-8-27(9-11-28)7-6-17-4-5-21-20(12-17)16-32-25(21)30;1-18-14-20(5-7-24(18)26-3)8-9-27-10-12-28(13-11-27)25(29)16-21-4-6-23-19(2)30-17-22(23)15-21;1-17-4-5-20(15-23(17)30-3)16-24(28)27-12-10-26(11-13-27)9-8-19-6-7-21-22(14-19)18(2)31-25(21)29;1-17-4-5-19(14-23(17)30-3)15-24(28)27-12-10-26(11-13-27)9-8-20-6-7-21-22(18(20)2)16-31-25(21)29/h1,4-5,12-14H,6-11,15-16H2,2H3;4-7,14-15H,2,8-13,16-17H2,1H3;4-7,14-15,18H,8-13,16H2,1-3H3;4-7,14H,8-13,15-16H2,1-3H3. The summed E-state index contributed by atoms with van der Waals surface area (Å²) < 4.78 is 37.0. The van der Waals surface area contributed by atoms with Gasteiger partial charge in [-0.2, -0.15) is 0 Å². The van der Waals surface area contributed by atoms with E-state index in [1.165, 1.54) is 27.8 Å². The Kier molecular flexibility index (Phi) is 30.5. The van der Waals surface area contributed by atoms with Crippen molar-refractivity contribution in [2.24, 2.45) is 0 Å². The average Bonchev–Trinajstić information content (AvgIpc) is 1.65. The number of carbonyl (C=O) groups excluding carboxylic acids is 7. The van der Waals surface area contributed by atoms with Crippen LogP contribution in [0.25, 0.3) is 10.6 Å². The molecule has 16 rings (SSSR count). The average molecular weight is 1700 g/mol. The highest BCUT2D eigenvalue weighted by Gasteiger charge is 2.32. The summed E-state index contributed by atoms with van der Waals surface area (Å²) in [4.78, 5) is 107. The molecule has 23 nitrogen and oxygen atoms in total. The second-order valence-corrected chi connectivity index (χ2v) is 33.3. The predicted molar refractivity (Wildman–Crippen MR) is 477 cm³/mol. The number of halogens is 1. The molecule has 0 saturated carbocycles. The van der Waals surface area contributed by atoms with Crippen LogP contribution in [0.15, 0.2) is 140 Å². The zero-order valence-electron chi connectivity index (χ0n) is 72.6. The van der Waals surface area contributed by atoms with Gasteiger partial charge in [-0.15, -0.1) is 6.42 Å². The summed E-state index contributed by atoms with van der Waals surface area (Å²) in [5, 5.41) is 0.479. The van der Waals surface area contributed by atoms with Crippen molar-refractivity contribution < 1.29 is 66.7 Å². The van der Waals surface area contributed by atoms with Crippen molar-refractivity contribution in [2.75, 3.05) is 152 Å². The molecular weight excluding hydrogens is 1590 g/mol. The van der Waals surface area contributed by atoms with Crippen molar-refractivity contribution in [3.8, 4) is 29.6 Å².